The van der Waals surface area contributed by atoms with Crippen LogP contribution in [0.15, 0.2) is 36.4 Å². The van der Waals surface area contributed by atoms with Crippen LogP contribution in [0.5, 0.6) is 5.75 Å². The molecule has 0 saturated heterocycles. The number of hydrogen-bond donors (Lipinski definition) is 1. The summed E-state index contributed by atoms with van der Waals surface area (Å²) in [6.45, 7) is 1.21. The molecule has 0 radical (unpaired) electrons. The molecule has 2 amide bonds. The number of amides is 2. The van der Waals surface area contributed by atoms with E-state index in [0.717, 1.165) is 36.2 Å². The highest BCUT2D eigenvalue weighted by atomic mass is 35.5. The van der Waals surface area contributed by atoms with Gasteiger partial charge in [0.1, 0.15) is 18.3 Å². The van der Waals surface area contributed by atoms with Crippen molar-refractivity contribution in [3.8, 4) is 5.75 Å². The molecule has 1 aliphatic carbocycles. The molecular formula is C26H32Cl3N3O5S. The van der Waals surface area contributed by atoms with Crippen molar-refractivity contribution in [2.45, 2.75) is 57.7 Å². The number of carbonyl (C=O) groups is 2. The summed E-state index contributed by atoms with van der Waals surface area (Å²) in [5, 5.41) is 4.09. The third kappa shape index (κ3) is 7.68. The fraction of sp³-hybridized carbons (Fsp3) is 0.462. The highest BCUT2D eigenvalue weighted by Crippen LogP contribution is 2.33. The lowest BCUT2D eigenvalue weighted by Gasteiger charge is -2.34. The van der Waals surface area contributed by atoms with E-state index in [2.05, 4.69) is 5.32 Å². The minimum Gasteiger partial charge on any atom is -0.495 e. The van der Waals surface area contributed by atoms with Gasteiger partial charge in [0.15, 0.2) is 0 Å². The van der Waals surface area contributed by atoms with Crippen LogP contribution in [-0.2, 0) is 26.2 Å². The lowest BCUT2D eigenvalue weighted by molar-refractivity contribution is -0.140. The van der Waals surface area contributed by atoms with Crippen molar-refractivity contribution < 1.29 is 22.7 Å². The van der Waals surface area contributed by atoms with Crippen molar-refractivity contribution in [2.24, 2.45) is 0 Å². The van der Waals surface area contributed by atoms with Crippen LogP contribution in [0, 0.1) is 0 Å². The molecule has 12 heteroatoms. The summed E-state index contributed by atoms with van der Waals surface area (Å²) in [6, 6.07) is 8.58. The molecule has 0 bridgehead atoms. The number of hydrogen-bond acceptors (Lipinski definition) is 5. The molecule has 208 valence electrons. The van der Waals surface area contributed by atoms with Crippen molar-refractivity contribution in [3.05, 3.63) is 57.0 Å². The van der Waals surface area contributed by atoms with E-state index in [9.17, 15) is 18.0 Å². The number of methoxy groups -OCH3 is 1. The first-order chi connectivity index (χ1) is 17.9. The zero-order chi connectivity index (χ0) is 28.0. The Kier molecular flexibility index (Phi) is 10.6. The molecule has 1 N–H and O–H groups in total. The third-order valence-corrected chi connectivity index (χ3v) is 8.48. The zero-order valence-corrected chi connectivity index (χ0v) is 24.6. The van der Waals surface area contributed by atoms with E-state index in [0.29, 0.717) is 22.0 Å². The van der Waals surface area contributed by atoms with Crippen molar-refractivity contribution in [3.63, 3.8) is 0 Å². The van der Waals surface area contributed by atoms with Crippen LogP contribution < -0.4 is 14.4 Å². The van der Waals surface area contributed by atoms with Crippen molar-refractivity contribution in [2.75, 3.05) is 24.2 Å². The van der Waals surface area contributed by atoms with E-state index < -0.39 is 28.5 Å². The maximum atomic E-state index is 13.9. The average molecular weight is 605 g/mol. The van der Waals surface area contributed by atoms with Crippen LogP contribution in [-0.4, -0.2) is 57.1 Å². The standard InChI is InChI=1S/C26H32Cl3N3O5S/c1-4-22(26(34)30-20-7-5-6-8-20)31(15-17-9-10-18(27)13-21(17)29)25(33)16-32(38(3,35)36)23-14-19(28)11-12-24(23)37-2/h9-14,20,22H,4-8,15-16H2,1-3H3,(H,30,34). The Hall–Kier alpha value is -2.20. The van der Waals surface area contributed by atoms with Crippen LogP contribution >= 0.6 is 34.8 Å². The molecule has 1 aliphatic rings. The average Bonchev–Trinajstić information content (AvgIpc) is 3.35. The number of nitrogens with zero attached hydrogens (tertiary/aromatic N) is 2. The van der Waals surface area contributed by atoms with Gasteiger partial charge < -0.3 is 15.0 Å². The third-order valence-electron chi connectivity index (χ3n) is 6.53. The van der Waals surface area contributed by atoms with Crippen LogP contribution in [0.25, 0.3) is 0 Å². The van der Waals surface area contributed by atoms with Gasteiger partial charge >= 0.3 is 0 Å². The summed E-state index contributed by atoms with van der Waals surface area (Å²) in [7, 11) is -2.56. The summed E-state index contributed by atoms with van der Waals surface area (Å²) in [4.78, 5) is 28.6. The minimum absolute atomic E-state index is 0.0181. The molecule has 1 unspecified atom stereocenters. The Labute approximate surface area is 239 Å². The number of sulfonamides is 1. The Bertz CT molecular complexity index is 1270. The quantitative estimate of drug-likeness (QED) is 0.376. The predicted octanol–water partition coefficient (Wildman–Crippen LogP) is 5.29. The van der Waals surface area contributed by atoms with Gasteiger partial charge in [0.25, 0.3) is 0 Å². The number of rotatable bonds is 11. The zero-order valence-electron chi connectivity index (χ0n) is 21.5. The van der Waals surface area contributed by atoms with E-state index in [1.54, 1.807) is 31.2 Å². The highest BCUT2D eigenvalue weighted by molar-refractivity contribution is 7.92. The molecule has 0 aliphatic heterocycles. The predicted molar refractivity (Wildman–Crippen MR) is 152 cm³/mol. The van der Waals surface area contributed by atoms with Crippen molar-refractivity contribution in [1.29, 1.82) is 0 Å². The summed E-state index contributed by atoms with van der Waals surface area (Å²) < 4.78 is 32.0. The maximum absolute atomic E-state index is 13.9. The van der Waals surface area contributed by atoms with Gasteiger partial charge in [-0.3, -0.25) is 13.9 Å². The molecule has 8 nitrogen and oxygen atoms in total. The minimum atomic E-state index is -3.95. The van der Waals surface area contributed by atoms with Gasteiger partial charge in [-0.05, 0) is 55.2 Å². The Morgan fingerprint density at radius 3 is 2.29 bits per heavy atom. The second-order valence-corrected chi connectivity index (χ2v) is 12.4. The van der Waals surface area contributed by atoms with Crippen molar-refractivity contribution in [1.82, 2.24) is 10.2 Å². The Balaban J connectivity index is 2.00. The Morgan fingerprint density at radius 2 is 1.71 bits per heavy atom. The van der Waals surface area contributed by atoms with E-state index in [-0.39, 0.29) is 35.0 Å². The monoisotopic (exact) mass is 603 g/mol. The molecule has 0 heterocycles. The van der Waals surface area contributed by atoms with Crippen LogP contribution in [0.3, 0.4) is 0 Å². The number of carbonyl (C=O) groups excluding carboxylic acids is 2. The largest absolute Gasteiger partial charge is 0.495 e. The van der Waals surface area contributed by atoms with Crippen molar-refractivity contribution >= 4 is 62.3 Å². The molecule has 0 spiro atoms. The summed E-state index contributed by atoms with van der Waals surface area (Å²) in [6.07, 6.45) is 5.15. The number of halogens is 3. The number of ether oxygens (including phenoxy) is 1. The van der Waals surface area contributed by atoms with E-state index in [4.69, 9.17) is 39.5 Å². The van der Waals surface area contributed by atoms with Gasteiger partial charge in [0.05, 0.1) is 19.1 Å². The van der Waals surface area contributed by atoms with Gasteiger partial charge in [0.2, 0.25) is 21.8 Å². The van der Waals surface area contributed by atoms with Gasteiger partial charge in [-0.15, -0.1) is 0 Å². The van der Waals surface area contributed by atoms with Crippen LogP contribution in [0.1, 0.15) is 44.6 Å². The number of benzene rings is 2. The molecule has 2 aromatic carbocycles. The first kappa shape index (κ1) is 30.3. The molecule has 2 aromatic rings. The molecule has 1 atom stereocenters. The van der Waals surface area contributed by atoms with Crippen LogP contribution in [0.2, 0.25) is 15.1 Å². The Morgan fingerprint density at radius 1 is 1.08 bits per heavy atom. The second kappa shape index (κ2) is 13.2. The fourth-order valence-corrected chi connectivity index (χ4v) is 6.05. The molecule has 1 saturated carbocycles. The smallest absolute Gasteiger partial charge is 0.244 e. The second-order valence-electron chi connectivity index (χ2n) is 9.26. The van der Waals surface area contributed by atoms with E-state index >= 15 is 0 Å². The lowest BCUT2D eigenvalue weighted by atomic mass is 10.1. The molecule has 3 rings (SSSR count). The SMILES string of the molecule is CCC(C(=O)NC1CCCC1)N(Cc1ccc(Cl)cc1Cl)C(=O)CN(c1cc(Cl)ccc1OC)S(C)(=O)=O. The topological polar surface area (TPSA) is 96.0 Å². The maximum Gasteiger partial charge on any atom is 0.244 e. The van der Waals surface area contributed by atoms with Gasteiger partial charge in [-0.25, -0.2) is 8.42 Å². The molecule has 38 heavy (non-hydrogen) atoms. The van der Waals surface area contributed by atoms with Gasteiger partial charge in [-0.2, -0.15) is 0 Å². The normalized spacial score (nSPS) is 14.7. The fourth-order valence-electron chi connectivity index (χ4n) is 4.57. The van der Waals surface area contributed by atoms with Gasteiger partial charge in [0, 0.05) is 27.7 Å². The number of nitrogens with one attached hydrogen (secondary N) is 1. The van der Waals surface area contributed by atoms with E-state index in [1.165, 1.54) is 24.1 Å². The summed E-state index contributed by atoms with van der Waals surface area (Å²) in [5.74, 6) is -0.646. The van der Waals surface area contributed by atoms with Gasteiger partial charge in [-0.1, -0.05) is 60.6 Å². The first-order valence-corrected chi connectivity index (χ1v) is 15.3. The molecular weight excluding hydrogens is 573 g/mol. The van der Waals surface area contributed by atoms with Crippen LogP contribution in [0.4, 0.5) is 5.69 Å². The molecule has 0 aromatic heterocycles. The number of anilines is 1. The summed E-state index contributed by atoms with van der Waals surface area (Å²) in [5.41, 5.74) is 0.687. The summed E-state index contributed by atoms with van der Waals surface area (Å²) >= 11 is 18.6. The lowest BCUT2D eigenvalue weighted by Crippen LogP contribution is -2.53. The molecule has 1 fully saturated rings. The highest BCUT2D eigenvalue weighted by Gasteiger charge is 2.34. The first-order valence-electron chi connectivity index (χ1n) is 12.3. The van der Waals surface area contributed by atoms with E-state index in [1.807, 2.05) is 0 Å².